The van der Waals surface area contributed by atoms with Crippen molar-refractivity contribution in [3.05, 3.63) is 53.9 Å². The summed E-state index contributed by atoms with van der Waals surface area (Å²) in [4.78, 5) is 4.08. The van der Waals surface area contributed by atoms with Gasteiger partial charge in [-0.15, -0.1) is 0 Å². The lowest BCUT2D eigenvalue weighted by molar-refractivity contribution is 0.599. The molecule has 2 aromatic rings. The summed E-state index contributed by atoms with van der Waals surface area (Å²) in [6.07, 6.45) is 1.52. The SMILES string of the molecule is Cc1ccc(NS(=O)(=O)c2cccnc2CN)cc1. The standard InChI is InChI=1S/C13H15N3O2S/c1-10-4-6-11(7-5-10)16-19(17,18)13-3-2-8-15-12(13)9-14/h2-8,16H,9,14H2,1H3. The average Bonchev–Trinajstić information content (AvgIpc) is 2.41. The Kier molecular flexibility index (Phi) is 3.82. The second-order valence-corrected chi connectivity index (χ2v) is 5.77. The summed E-state index contributed by atoms with van der Waals surface area (Å²) in [5.41, 5.74) is 7.43. The Labute approximate surface area is 112 Å². The van der Waals surface area contributed by atoms with Crippen LogP contribution in [0, 0.1) is 6.92 Å². The predicted octanol–water partition coefficient (Wildman–Crippen LogP) is 1.65. The van der Waals surface area contributed by atoms with Gasteiger partial charge in [0.25, 0.3) is 10.0 Å². The molecule has 0 aliphatic heterocycles. The molecule has 0 bridgehead atoms. The molecule has 0 aliphatic carbocycles. The predicted molar refractivity (Wildman–Crippen MR) is 74.1 cm³/mol. The summed E-state index contributed by atoms with van der Waals surface area (Å²) < 4.78 is 27.0. The van der Waals surface area contributed by atoms with Crippen LogP contribution in [0.2, 0.25) is 0 Å². The zero-order chi connectivity index (χ0) is 13.9. The van der Waals surface area contributed by atoms with E-state index in [4.69, 9.17) is 5.73 Å². The summed E-state index contributed by atoms with van der Waals surface area (Å²) in [7, 11) is -3.66. The number of nitrogens with two attached hydrogens (primary N) is 1. The average molecular weight is 277 g/mol. The minimum Gasteiger partial charge on any atom is -0.325 e. The number of anilines is 1. The van der Waals surface area contributed by atoms with Crippen LogP contribution in [0.25, 0.3) is 0 Å². The van der Waals surface area contributed by atoms with Crippen LogP contribution in [0.1, 0.15) is 11.3 Å². The molecule has 0 saturated heterocycles. The Morgan fingerprint density at radius 3 is 2.53 bits per heavy atom. The highest BCUT2D eigenvalue weighted by atomic mass is 32.2. The van der Waals surface area contributed by atoms with Crippen LogP contribution in [0.3, 0.4) is 0 Å². The summed E-state index contributed by atoms with van der Waals surface area (Å²) in [6, 6.07) is 10.2. The molecule has 0 saturated carbocycles. The van der Waals surface area contributed by atoms with E-state index < -0.39 is 10.0 Å². The number of pyridine rings is 1. The molecule has 5 nitrogen and oxygen atoms in total. The first kappa shape index (κ1) is 13.5. The van der Waals surface area contributed by atoms with Crippen molar-refractivity contribution < 1.29 is 8.42 Å². The number of hydrogen-bond acceptors (Lipinski definition) is 4. The number of aryl methyl sites for hydroxylation is 1. The number of rotatable bonds is 4. The third-order valence-corrected chi connectivity index (χ3v) is 4.09. The van der Waals surface area contributed by atoms with Gasteiger partial charge in [0.2, 0.25) is 0 Å². The van der Waals surface area contributed by atoms with E-state index >= 15 is 0 Å². The first-order chi connectivity index (χ1) is 9.03. The zero-order valence-electron chi connectivity index (χ0n) is 10.5. The molecule has 100 valence electrons. The van der Waals surface area contributed by atoms with Crippen molar-refractivity contribution in [2.75, 3.05) is 4.72 Å². The van der Waals surface area contributed by atoms with Gasteiger partial charge < -0.3 is 5.73 Å². The van der Waals surface area contributed by atoms with Crippen LogP contribution in [0.5, 0.6) is 0 Å². The molecule has 0 fully saturated rings. The van der Waals surface area contributed by atoms with Gasteiger partial charge in [0.1, 0.15) is 4.90 Å². The normalized spacial score (nSPS) is 11.3. The molecule has 0 radical (unpaired) electrons. The molecule has 3 N–H and O–H groups in total. The van der Waals surface area contributed by atoms with E-state index in [2.05, 4.69) is 9.71 Å². The van der Waals surface area contributed by atoms with E-state index in [1.165, 1.54) is 12.3 Å². The van der Waals surface area contributed by atoms with E-state index in [1.807, 2.05) is 19.1 Å². The second kappa shape index (κ2) is 5.38. The number of hydrogen-bond donors (Lipinski definition) is 2. The van der Waals surface area contributed by atoms with Crippen molar-refractivity contribution in [2.24, 2.45) is 5.73 Å². The van der Waals surface area contributed by atoms with Crippen molar-refractivity contribution in [2.45, 2.75) is 18.4 Å². The van der Waals surface area contributed by atoms with Crippen LogP contribution >= 0.6 is 0 Å². The lowest BCUT2D eigenvalue weighted by Gasteiger charge is -2.10. The minimum absolute atomic E-state index is 0.0744. The summed E-state index contributed by atoms with van der Waals surface area (Å²) in [5.74, 6) is 0. The van der Waals surface area contributed by atoms with Gasteiger partial charge in [0, 0.05) is 18.4 Å². The highest BCUT2D eigenvalue weighted by Crippen LogP contribution is 2.18. The molecule has 0 aliphatic rings. The molecule has 1 aromatic carbocycles. The fourth-order valence-electron chi connectivity index (χ4n) is 1.65. The summed E-state index contributed by atoms with van der Waals surface area (Å²) in [5, 5.41) is 0. The molecule has 6 heteroatoms. The maximum Gasteiger partial charge on any atom is 0.263 e. The molecule has 0 atom stereocenters. The number of aromatic nitrogens is 1. The van der Waals surface area contributed by atoms with E-state index in [0.29, 0.717) is 11.4 Å². The molecular weight excluding hydrogens is 262 g/mol. The van der Waals surface area contributed by atoms with E-state index in [-0.39, 0.29) is 11.4 Å². The highest BCUT2D eigenvalue weighted by Gasteiger charge is 2.18. The lowest BCUT2D eigenvalue weighted by atomic mass is 10.2. The fourth-order valence-corrected chi connectivity index (χ4v) is 2.91. The number of nitrogens with zero attached hydrogens (tertiary/aromatic N) is 1. The van der Waals surface area contributed by atoms with Gasteiger partial charge in [-0.1, -0.05) is 17.7 Å². The monoisotopic (exact) mass is 277 g/mol. The van der Waals surface area contributed by atoms with Gasteiger partial charge in [0.15, 0.2) is 0 Å². The van der Waals surface area contributed by atoms with Crippen molar-refractivity contribution >= 4 is 15.7 Å². The smallest absolute Gasteiger partial charge is 0.263 e. The summed E-state index contributed by atoms with van der Waals surface area (Å²) in [6.45, 7) is 2.01. The highest BCUT2D eigenvalue weighted by molar-refractivity contribution is 7.92. The summed E-state index contributed by atoms with van der Waals surface area (Å²) >= 11 is 0. The van der Waals surface area contributed by atoms with Crippen LogP contribution in [0.15, 0.2) is 47.5 Å². The van der Waals surface area contributed by atoms with Gasteiger partial charge in [0.05, 0.1) is 5.69 Å². The van der Waals surface area contributed by atoms with Crippen molar-refractivity contribution in [3.8, 4) is 0 Å². The topological polar surface area (TPSA) is 85.1 Å². The molecule has 0 spiro atoms. The second-order valence-electron chi connectivity index (χ2n) is 4.12. The zero-order valence-corrected chi connectivity index (χ0v) is 11.3. The Bertz CT molecular complexity index is 667. The van der Waals surface area contributed by atoms with Gasteiger partial charge in [-0.2, -0.15) is 0 Å². The van der Waals surface area contributed by atoms with Crippen LogP contribution in [-0.4, -0.2) is 13.4 Å². The maximum atomic E-state index is 12.3. The Morgan fingerprint density at radius 2 is 1.89 bits per heavy atom. The Morgan fingerprint density at radius 1 is 1.21 bits per heavy atom. The Balaban J connectivity index is 2.35. The van der Waals surface area contributed by atoms with Gasteiger partial charge in [-0.3, -0.25) is 9.71 Å². The molecule has 0 amide bonds. The largest absolute Gasteiger partial charge is 0.325 e. The van der Waals surface area contributed by atoms with Crippen molar-refractivity contribution in [3.63, 3.8) is 0 Å². The van der Waals surface area contributed by atoms with E-state index in [0.717, 1.165) is 5.56 Å². The maximum absolute atomic E-state index is 12.3. The Hall–Kier alpha value is -1.92. The minimum atomic E-state index is -3.66. The van der Waals surface area contributed by atoms with Crippen LogP contribution in [-0.2, 0) is 16.6 Å². The lowest BCUT2D eigenvalue weighted by Crippen LogP contribution is -2.17. The quantitative estimate of drug-likeness (QED) is 0.889. The van der Waals surface area contributed by atoms with Gasteiger partial charge in [-0.25, -0.2) is 8.42 Å². The third kappa shape index (κ3) is 3.10. The van der Waals surface area contributed by atoms with Crippen molar-refractivity contribution in [1.29, 1.82) is 0 Å². The number of nitrogens with one attached hydrogen (secondary N) is 1. The third-order valence-electron chi connectivity index (χ3n) is 2.64. The molecule has 1 heterocycles. The van der Waals surface area contributed by atoms with E-state index in [1.54, 1.807) is 18.2 Å². The number of sulfonamides is 1. The number of benzene rings is 1. The first-order valence-corrected chi connectivity index (χ1v) is 7.25. The first-order valence-electron chi connectivity index (χ1n) is 5.76. The van der Waals surface area contributed by atoms with E-state index in [9.17, 15) is 8.42 Å². The van der Waals surface area contributed by atoms with Gasteiger partial charge in [-0.05, 0) is 31.2 Å². The fraction of sp³-hybridized carbons (Fsp3) is 0.154. The molecule has 1 aromatic heterocycles. The van der Waals surface area contributed by atoms with Gasteiger partial charge >= 0.3 is 0 Å². The van der Waals surface area contributed by atoms with Crippen LogP contribution in [0.4, 0.5) is 5.69 Å². The van der Waals surface area contributed by atoms with Crippen molar-refractivity contribution in [1.82, 2.24) is 4.98 Å². The van der Waals surface area contributed by atoms with Crippen LogP contribution < -0.4 is 10.5 Å². The molecule has 2 rings (SSSR count). The molecule has 0 unspecified atom stereocenters. The molecular formula is C13H15N3O2S. The molecule has 19 heavy (non-hydrogen) atoms.